The standard InChI is InChI=1S/C14H8N2O2/c17-15-13-7-3-1-5-11(13)9-10-12-6-2-4-8-14(12)16-18/h1-8H/p+2. The molecule has 0 radical (unpaired) electrons. The molecular formula is C14H10N2O2+2. The first-order valence-electron chi connectivity index (χ1n) is 5.31. The van der Waals surface area contributed by atoms with E-state index in [0.29, 0.717) is 22.5 Å². The summed E-state index contributed by atoms with van der Waals surface area (Å²) in [6.45, 7) is 0. The molecular weight excluding hydrogens is 228 g/mol. The Hall–Kier alpha value is -2.80. The zero-order chi connectivity index (χ0) is 12.8. The SMILES string of the molecule is O=[NH+]c1ccccc1C#Cc1ccccc1[NH+]=O. The van der Waals surface area contributed by atoms with Gasteiger partial charge in [0, 0.05) is 32.3 Å². The fraction of sp³-hybridized carbons (Fsp3) is 0. The van der Waals surface area contributed by atoms with E-state index in [2.05, 4.69) is 11.8 Å². The zero-order valence-electron chi connectivity index (χ0n) is 9.44. The Bertz CT molecular complexity index is 599. The van der Waals surface area contributed by atoms with E-state index in [9.17, 15) is 9.81 Å². The molecule has 0 bridgehead atoms. The number of nitrogens with one attached hydrogen (secondary N) is 2. The number of nitroso groups, excluding NO2 is 2. The van der Waals surface area contributed by atoms with Crippen molar-refractivity contribution in [3.63, 3.8) is 0 Å². The van der Waals surface area contributed by atoms with E-state index in [1.807, 2.05) is 10.4 Å². The van der Waals surface area contributed by atoms with Gasteiger partial charge < -0.3 is 0 Å². The second-order valence-corrected chi connectivity index (χ2v) is 3.55. The van der Waals surface area contributed by atoms with Gasteiger partial charge in [-0.05, 0) is 12.1 Å². The van der Waals surface area contributed by atoms with Crippen molar-refractivity contribution in [2.45, 2.75) is 0 Å². The number of hydrogen-bond acceptors (Lipinski definition) is 2. The van der Waals surface area contributed by atoms with E-state index in [-0.39, 0.29) is 0 Å². The van der Waals surface area contributed by atoms with Gasteiger partial charge in [-0.1, -0.05) is 36.1 Å². The summed E-state index contributed by atoms with van der Waals surface area (Å²) in [5.41, 5.74) is 2.01. The highest BCUT2D eigenvalue weighted by molar-refractivity contribution is 5.56. The molecule has 0 aliphatic carbocycles. The number of rotatable bonds is 2. The molecule has 2 aromatic rings. The minimum Gasteiger partial charge on any atom is -0.0605 e. The number of hydrogen-bond donors (Lipinski definition) is 2. The summed E-state index contributed by atoms with van der Waals surface area (Å²) in [4.78, 5) is 21.4. The highest BCUT2D eigenvalue weighted by atomic mass is 16.3. The van der Waals surface area contributed by atoms with Crippen molar-refractivity contribution < 1.29 is 10.4 Å². The average molecular weight is 238 g/mol. The molecule has 2 N–H and O–H groups in total. The lowest BCUT2D eigenvalue weighted by Gasteiger charge is -1.89. The Morgan fingerprint density at radius 1 is 0.667 bits per heavy atom. The quantitative estimate of drug-likeness (QED) is 0.726. The molecule has 0 fully saturated rings. The van der Waals surface area contributed by atoms with E-state index < -0.39 is 0 Å². The zero-order valence-corrected chi connectivity index (χ0v) is 9.44. The normalized spacial score (nSPS) is 9.11. The van der Waals surface area contributed by atoms with Crippen molar-refractivity contribution in [1.82, 2.24) is 0 Å². The van der Waals surface area contributed by atoms with Crippen molar-refractivity contribution in [2.75, 3.05) is 0 Å². The lowest BCUT2D eigenvalue weighted by molar-refractivity contribution is -0.380. The van der Waals surface area contributed by atoms with Crippen molar-refractivity contribution in [1.29, 1.82) is 0 Å². The first-order valence-corrected chi connectivity index (χ1v) is 5.31. The molecule has 18 heavy (non-hydrogen) atoms. The Morgan fingerprint density at radius 3 is 1.44 bits per heavy atom. The predicted octanol–water partition coefficient (Wildman–Crippen LogP) is 0.0434. The summed E-state index contributed by atoms with van der Waals surface area (Å²) in [6, 6.07) is 13.9. The van der Waals surface area contributed by atoms with E-state index in [0.717, 1.165) is 0 Å². The molecule has 0 atom stereocenters. The third-order valence-electron chi connectivity index (χ3n) is 2.41. The second kappa shape index (κ2) is 5.51. The Balaban J connectivity index is 2.43. The Morgan fingerprint density at radius 2 is 1.06 bits per heavy atom. The average Bonchev–Trinajstić information content (AvgIpc) is 2.45. The Kier molecular flexibility index (Phi) is 3.57. The summed E-state index contributed by atoms with van der Waals surface area (Å²) in [7, 11) is 0. The van der Waals surface area contributed by atoms with Gasteiger partial charge in [-0.25, -0.2) is 0 Å². The first-order chi connectivity index (χ1) is 8.85. The number of para-hydroxylation sites is 2. The van der Waals surface area contributed by atoms with Crippen molar-refractivity contribution in [3.05, 3.63) is 69.5 Å². The molecule has 0 aromatic heterocycles. The van der Waals surface area contributed by atoms with Crippen LogP contribution in [0.5, 0.6) is 0 Å². The monoisotopic (exact) mass is 238 g/mol. The third-order valence-corrected chi connectivity index (χ3v) is 2.41. The molecule has 2 aromatic carbocycles. The van der Waals surface area contributed by atoms with Gasteiger partial charge >= 0.3 is 0 Å². The van der Waals surface area contributed by atoms with Crippen molar-refractivity contribution >= 4 is 11.4 Å². The molecule has 2 rings (SSSR count). The highest BCUT2D eigenvalue weighted by Crippen LogP contribution is 2.09. The fourth-order valence-corrected chi connectivity index (χ4v) is 1.50. The third kappa shape index (κ3) is 2.47. The maximum absolute atomic E-state index is 10.7. The summed E-state index contributed by atoms with van der Waals surface area (Å²) >= 11 is 0. The maximum Gasteiger partial charge on any atom is 0.268 e. The largest absolute Gasteiger partial charge is 0.268 e. The molecule has 0 spiro atoms. The van der Waals surface area contributed by atoms with Crippen molar-refractivity contribution in [3.8, 4) is 11.8 Å². The van der Waals surface area contributed by atoms with Crippen LogP contribution in [0.4, 0.5) is 11.4 Å². The van der Waals surface area contributed by atoms with Crippen LogP contribution >= 0.6 is 0 Å². The van der Waals surface area contributed by atoms with Gasteiger partial charge in [0.1, 0.15) is 11.1 Å². The molecule has 0 saturated heterocycles. The van der Waals surface area contributed by atoms with E-state index in [4.69, 9.17) is 0 Å². The summed E-state index contributed by atoms with van der Waals surface area (Å²) in [6.07, 6.45) is 0. The molecule has 0 amide bonds. The first kappa shape index (κ1) is 11.7. The molecule has 0 aliphatic rings. The summed E-state index contributed by atoms with van der Waals surface area (Å²) in [5, 5.41) is 3.66. The van der Waals surface area contributed by atoms with Crippen LogP contribution in [0.2, 0.25) is 0 Å². The maximum atomic E-state index is 10.7. The Labute approximate surface area is 104 Å². The van der Waals surface area contributed by atoms with Crippen LogP contribution in [0.15, 0.2) is 48.5 Å². The predicted molar refractivity (Wildman–Crippen MR) is 66.8 cm³/mol. The van der Waals surface area contributed by atoms with E-state index in [1.165, 1.54) is 0 Å². The van der Waals surface area contributed by atoms with Gasteiger partial charge in [0.25, 0.3) is 11.4 Å². The fourth-order valence-electron chi connectivity index (χ4n) is 1.50. The molecule has 0 aliphatic heterocycles. The molecule has 86 valence electrons. The summed E-state index contributed by atoms with van der Waals surface area (Å²) < 4.78 is 0. The molecule has 4 heteroatoms. The van der Waals surface area contributed by atoms with Crippen LogP contribution in [0.1, 0.15) is 11.1 Å². The van der Waals surface area contributed by atoms with Gasteiger partial charge in [0.05, 0.1) is 0 Å². The molecule has 4 nitrogen and oxygen atoms in total. The highest BCUT2D eigenvalue weighted by Gasteiger charge is 2.06. The minimum absolute atomic E-state index is 0.414. The van der Waals surface area contributed by atoms with Crippen LogP contribution in [-0.4, -0.2) is 0 Å². The molecule has 0 saturated carbocycles. The van der Waals surface area contributed by atoms with Crippen molar-refractivity contribution in [2.24, 2.45) is 0 Å². The lowest BCUT2D eigenvalue weighted by atomic mass is 10.1. The van der Waals surface area contributed by atoms with Crippen LogP contribution in [0.3, 0.4) is 0 Å². The van der Waals surface area contributed by atoms with Gasteiger partial charge in [-0.3, -0.25) is 0 Å². The van der Waals surface area contributed by atoms with Crippen LogP contribution in [-0.2, 0) is 0 Å². The smallest absolute Gasteiger partial charge is 0.0605 e. The van der Waals surface area contributed by atoms with Gasteiger partial charge in [-0.15, -0.1) is 0 Å². The minimum atomic E-state index is 0.414. The van der Waals surface area contributed by atoms with E-state index >= 15 is 0 Å². The van der Waals surface area contributed by atoms with Gasteiger partial charge in [0.15, 0.2) is 0 Å². The topological polar surface area (TPSA) is 62.1 Å². The van der Waals surface area contributed by atoms with Gasteiger partial charge in [-0.2, -0.15) is 0 Å². The molecule has 0 unspecified atom stereocenters. The second-order valence-electron chi connectivity index (χ2n) is 3.55. The van der Waals surface area contributed by atoms with Crippen LogP contribution < -0.4 is 10.4 Å². The van der Waals surface area contributed by atoms with Crippen LogP contribution in [0, 0.1) is 21.7 Å². The van der Waals surface area contributed by atoms with Gasteiger partial charge in [0.2, 0.25) is 0 Å². The summed E-state index contributed by atoms with van der Waals surface area (Å²) in [5.74, 6) is 5.73. The van der Waals surface area contributed by atoms with E-state index in [1.54, 1.807) is 48.5 Å². The number of benzene rings is 2. The van der Waals surface area contributed by atoms with Crippen LogP contribution in [0.25, 0.3) is 0 Å². The lowest BCUT2D eigenvalue weighted by Crippen LogP contribution is -2.56. The molecule has 0 heterocycles.